The minimum absolute atomic E-state index is 0.175. The van der Waals surface area contributed by atoms with Gasteiger partial charge in [-0.1, -0.05) is 303 Å². The van der Waals surface area contributed by atoms with Crippen molar-refractivity contribution in [1.82, 2.24) is 0 Å². The average molecular weight is 1130 g/mol. The van der Waals surface area contributed by atoms with Gasteiger partial charge in [-0.15, -0.1) is 0 Å². The highest BCUT2D eigenvalue weighted by Crippen LogP contribution is 2.43. The Morgan fingerprint density at radius 2 is 0.590 bits per heavy atom. The number of aliphatic hydroxyl groups excluding tert-OH is 1. The van der Waals surface area contributed by atoms with E-state index >= 15 is 0 Å². The maximum Gasteiger partial charge on any atom is 0.472 e. The average Bonchev–Trinajstić information content (AvgIpc) is 3.43. The van der Waals surface area contributed by atoms with E-state index in [9.17, 15) is 28.9 Å². The Labute approximate surface area is 481 Å². The van der Waals surface area contributed by atoms with Crippen LogP contribution in [0.15, 0.2) is 12.2 Å². The minimum atomic E-state index is -4.75. The van der Waals surface area contributed by atoms with Crippen LogP contribution in [0.4, 0.5) is 0 Å². The van der Waals surface area contributed by atoms with Gasteiger partial charge < -0.3 is 24.2 Å². The molecule has 0 aliphatic carbocycles. The third kappa shape index (κ3) is 58.9. The summed E-state index contributed by atoms with van der Waals surface area (Å²) in [6.07, 6.45) is 63.1. The predicted octanol–water partition coefficient (Wildman–Crippen LogP) is 20.4. The van der Waals surface area contributed by atoms with Crippen LogP contribution in [0.1, 0.15) is 355 Å². The van der Waals surface area contributed by atoms with Crippen molar-refractivity contribution >= 4 is 25.7 Å². The van der Waals surface area contributed by atoms with Gasteiger partial charge in [-0.05, 0) is 44.9 Å². The molecule has 0 aromatic rings. The molecule has 3 atom stereocenters. The largest absolute Gasteiger partial charge is 0.472 e. The van der Waals surface area contributed by atoms with Crippen LogP contribution in [-0.4, -0.2) is 66.5 Å². The topological polar surface area (TPSA) is 155 Å². The molecular formula is C66H127O11P. The van der Waals surface area contributed by atoms with E-state index in [2.05, 4.69) is 32.9 Å². The lowest BCUT2D eigenvalue weighted by atomic mass is 10.0. The number of phosphoric acid groups is 1. The van der Waals surface area contributed by atoms with E-state index in [-0.39, 0.29) is 25.9 Å². The van der Waals surface area contributed by atoms with Gasteiger partial charge in [-0.25, -0.2) is 4.57 Å². The van der Waals surface area contributed by atoms with Crippen molar-refractivity contribution in [3.05, 3.63) is 12.2 Å². The fourth-order valence-corrected chi connectivity index (χ4v) is 10.8. The Morgan fingerprint density at radius 3 is 0.897 bits per heavy atom. The molecule has 2 N–H and O–H groups in total. The van der Waals surface area contributed by atoms with E-state index < -0.39 is 57.8 Å². The first-order chi connectivity index (χ1) is 38.2. The van der Waals surface area contributed by atoms with Gasteiger partial charge in [0.05, 0.1) is 19.8 Å². The molecule has 0 aliphatic heterocycles. The van der Waals surface area contributed by atoms with Gasteiger partial charge in [0, 0.05) is 19.3 Å². The zero-order valence-electron chi connectivity index (χ0n) is 51.4. The number of esters is 3. The SMILES string of the molecule is CCCCCC/C=C\CCCCCCCC(=O)OCC(COP(=O)(O)OCC(CO)OC(=O)CCCCCCCCCCCCCCCCCCCCC)OC(=O)CCCCCCCCCCCCCCCCCCCCC. The summed E-state index contributed by atoms with van der Waals surface area (Å²) in [4.78, 5) is 48.8. The van der Waals surface area contributed by atoms with E-state index in [1.165, 1.54) is 218 Å². The molecule has 3 unspecified atom stereocenters. The number of ether oxygens (including phenoxy) is 3. The molecule has 0 aromatic heterocycles. The van der Waals surface area contributed by atoms with Gasteiger partial charge in [0.25, 0.3) is 0 Å². The van der Waals surface area contributed by atoms with Crippen LogP contribution < -0.4 is 0 Å². The van der Waals surface area contributed by atoms with E-state index in [1.54, 1.807) is 0 Å². The molecule has 0 aliphatic rings. The first kappa shape index (κ1) is 76.2. The number of rotatable bonds is 64. The molecule has 11 nitrogen and oxygen atoms in total. The fourth-order valence-electron chi connectivity index (χ4n) is 10.1. The maximum absolute atomic E-state index is 13.0. The lowest BCUT2D eigenvalue weighted by molar-refractivity contribution is -0.161. The second-order valence-corrected chi connectivity index (χ2v) is 24.5. The third-order valence-corrected chi connectivity index (χ3v) is 16.1. The van der Waals surface area contributed by atoms with Crippen molar-refractivity contribution in [2.45, 2.75) is 367 Å². The molecule has 462 valence electrons. The molecule has 0 spiro atoms. The zero-order chi connectivity index (χ0) is 56.9. The number of carbonyl (C=O) groups excluding carboxylic acids is 3. The normalized spacial score (nSPS) is 13.2. The molecule has 0 bridgehead atoms. The number of unbranched alkanes of at least 4 members (excludes halogenated alkanes) is 45. The molecule has 0 amide bonds. The third-order valence-electron chi connectivity index (χ3n) is 15.2. The predicted molar refractivity (Wildman–Crippen MR) is 326 cm³/mol. The van der Waals surface area contributed by atoms with Crippen LogP contribution in [0.2, 0.25) is 0 Å². The first-order valence-electron chi connectivity index (χ1n) is 33.6. The fraction of sp³-hybridized carbons (Fsp3) is 0.924. The van der Waals surface area contributed by atoms with Gasteiger partial charge in [0.1, 0.15) is 12.7 Å². The Morgan fingerprint density at radius 1 is 0.346 bits per heavy atom. The smallest absolute Gasteiger partial charge is 0.462 e. The number of allylic oxidation sites excluding steroid dienone is 2. The second-order valence-electron chi connectivity index (χ2n) is 23.0. The standard InChI is InChI=1S/C66H127O11P/c1-4-7-10-13-16-19-22-25-27-29-31-33-35-38-41-44-47-50-53-56-65(69)76-62(58-67)60-74-78(71,72)75-61-63(59-73-64(68)55-52-49-46-43-40-37-24-21-18-15-12-9-6-3)77-66(70)57-54-51-48-45-42-39-36-34-32-30-28-26-23-20-17-14-11-8-5-2/h21,24,62-63,67H,4-20,22-23,25-61H2,1-3H3,(H,71,72)/b24-21-. The van der Waals surface area contributed by atoms with Gasteiger partial charge in [-0.3, -0.25) is 23.4 Å². The van der Waals surface area contributed by atoms with E-state index in [4.69, 9.17) is 23.3 Å². The van der Waals surface area contributed by atoms with Crippen molar-refractivity contribution in [3.8, 4) is 0 Å². The maximum atomic E-state index is 13.0. The lowest BCUT2D eigenvalue weighted by Crippen LogP contribution is -2.30. The molecule has 0 radical (unpaired) electrons. The van der Waals surface area contributed by atoms with Crippen LogP contribution in [0, 0.1) is 0 Å². The molecule has 12 heteroatoms. The van der Waals surface area contributed by atoms with Gasteiger partial charge >= 0.3 is 25.7 Å². The van der Waals surface area contributed by atoms with Crippen LogP contribution in [-0.2, 0) is 42.2 Å². The molecule has 0 fully saturated rings. The van der Waals surface area contributed by atoms with E-state index in [1.807, 2.05) is 0 Å². The summed E-state index contributed by atoms with van der Waals surface area (Å²) in [5, 5.41) is 9.86. The van der Waals surface area contributed by atoms with Gasteiger partial charge in [0.15, 0.2) is 6.10 Å². The van der Waals surface area contributed by atoms with Crippen LogP contribution >= 0.6 is 7.82 Å². The number of hydrogen-bond acceptors (Lipinski definition) is 10. The Kier molecular flexibility index (Phi) is 59.9. The number of hydrogen-bond donors (Lipinski definition) is 2. The quantitative estimate of drug-likeness (QED) is 0.0197. The first-order valence-corrected chi connectivity index (χ1v) is 35.1. The highest BCUT2D eigenvalue weighted by molar-refractivity contribution is 7.47. The van der Waals surface area contributed by atoms with Gasteiger partial charge in [-0.2, -0.15) is 0 Å². The van der Waals surface area contributed by atoms with Crippen LogP contribution in [0.5, 0.6) is 0 Å². The van der Waals surface area contributed by atoms with E-state index in [0.717, 1.165) is 77.0 Å². The van der Waals surface area contributed by atoms with Crippen molar-refractivity contribution in [3.63, 3.8) is 0 Å². The molecule has 78 heavy (non-hydrogen) atoms. The summed E-state index contributed by atoms with van der Waals surface area (Å²) in [6.45, 7) is 4.72. The van der Waals surface area contributed by atoms with Crippen molar-refractivity contribution in [2.75, 3.05) is 26.4 Å². The number of phosphoric ester groups is 1. The second kappa shape index (κ2) is 61.3. The summed E-state index contributed by atoms with van der Waals surface area (Å²) in [5.41, 5.74) is 0. The van der Waals surface area contributed by atoms with Crippen LogP contribution in [0.25, 0.3) is 0 Å². The highest BCUT2D eigenvalue weighted by atomic mass is 31.2. The lowest BCUT2D eigenvalue weighted by Gasteiger charge is -2.21. The summed E-state index contributed by atoms with van der Waals surface area (Å²) < 4.78 is 39.7. The number of carbonyl (C=O) groups is 3. The minimum Gasteiger partial charge on any atom is -0.462 e. The Hall–Kier alpha value is -1.78. The Balaban J connectivity index is 4.57. The molecule has 0 saturated heterocycles. The summed E-state index contributed by atoms with van der Waals surface area (Å²) in [7, 11) is -4.75. The van der Waals surface area contributed by atoms with Crippen molar-refractivity contribution in [1.29, 1.82) is 0 Å². The molecule has 0 heterocycles. The van der Waals surface area contributed by atoms with Crippen molar-refractivity contribution < 1.29 is 52.2 Å². The molecular weight excluding hydrogens is 1000 g/mol. The summed E-state index contributed by atoms with van der Waals surface area (Å²) in [6, 6.07) is 0. The Bertz CT molecular complexity index is 1360. The molecule has 0 rings (SSSR count). The monoisotopic (exact) mass is 1130 g/mol. The molecule has 0 aromatic carbocycles. The number of aliphatic hydroxyl groups is 1. The zero-order valence-corrected chi connectivity index (χ0v) is 52.3. The summed E-state index contributed by atoms with van der Waals surface area (Å²) >= 11 is 0. The van der Waals surface area contributed by atoms with E-state index in [0.29, 0.717) is 19.3 Å². The highest BCUT2D eigenvalue weighted by Gasteiger charge is 2.28. The summed E-state index contributed by atoms with van der Waals surface area (Å²) in [5.74, 6) is -1.44. The van der Waals surface area contributed by atoms with Gasteiger partial charge in [0.2, 0.25) is 0 Å². The van der Waals surface area contributed by atoms with Crippen molar-refractivity contribution in [2.24, 2.45) is 0 Å². The molecule has 0 saturated carbocycles. The van der Waals surface area contributed by atoms with Crippen LogP contribution in [0.3, 0.4) is 0 Å².